The molecular weight excluding hydrogens is 354 g/mol. The molecule has 0 spiro atoms. The first-order valence-corrected chi connectivity index (χ1v) is 7.42. The van der Waals surface area contributed by atoms with E-state index in [1.54, 1.807) is 19.3 Å². The zero-order valence-electron chi connectivity index (χ0n) is 11.8. The number of nitrogens with one attached hydrogen (secondary N) is 1. The van der Waals surface area contributed by atoms with E-state index in [0.717, 1.165) is 5.75 Å². The highest BCUT2D eigenvalue weighted by atomic mass is 79.9. The van der Waals surface area contributed by atoms with Gasteiger partial charge in [-0.05, 0) is 28.1 Å². The van der Waals surface area contributed by atoms with Crippen molar-refractivity contribution in [2.24, 2.45) is 7.05 Å². The third-order valence-corrected chi connectivity index (χ3v) is 3.87. The molecule has 116 valence electrons. The smallest absolute Gasteiger partial charge is 0.282 e. The molecule has 7 nitrogen and oxygen atoms in total. The number of nitrogens with zero attached hydrogens (tertiary/aromatic N) is 2. The van der Waals surface area contributed by atoms with Gasteiger partial charge in [0, 0.05) is 19.7 Å². The number of hydrogen-bond donors (Lipinski definition) is 1. The average molecular weight is 368 g/mol. The molecule has 0 fully saturated rings. The molecule has 1 aromatic carbocycles. The van der Waals surface area contributed by atoms with Crippen molar-refractivity contribution in [3.05, 3.63) is 39.2 Å². The molecule has 0 amide bonds. The minimum atomic E-state index is -0.193. The Morgan fingerprint density at radius 1 is 1.41 bits per heavy atom. The van der Waals surface area contributed by atoms with Gasteiger partial charge < -0.3 is 19.5 Å². The Hall–Kier alpha value is -2.22. The van der Waals surface area contributed by atoms with Gasteiger partial charge in [-0.1, -0.05) is 0 Å². The van der Waals surface area contributed by atoms with Crippen molar-refractivity contribution in [2.45, 2.75) is 0 Å². The first-order chi connectivity index (χ1) is 10.6. The SMILES string of the molecule is Cn1ncc(NCCOc2ccc3c(c2)OCO3)c(Br)c1=O. The fraction of sp³-hybridized carbons (Fsp3) is 0.286. The van der Waals surface area contributed by atoms with Gasteiger partial charge in [-0.3, -0.25) is 4.79 Å². The maximum absolute atomic E-state index is 11.7. The van der Waals surface area contributed by atoms with Crippen LogP contribution in [0.5, 0.6) is 17.2 Å². The van der Waals surface area contributed by atoms with Crippen molar-refractivity contribution in [2.75, 3.05) is 25.3 Å². The Labute approximate surface area is 134 Å². The molecule has 1 aliphatic heterocycles. The minimum absolute atomic E-state index is 0.193. The third kappa shape index (κ3) is 3.01. The van der Waals surface area contributed by atoms with Crippen molar-refractivity contribution in [1.82, 2.24) is 9.78 Å². The van der Waals surface area contributed by atoms with E-state index < -0.39 is 0 Å². The van der Waals surface area contributed by atoms with E-state index in [1.165, 1.54) is 4.68 Å². The summed E-state index contributed by atoms with van der Waals surface area (Å²) in [7, 11) is 1.60. The summed E-state index contributed by atoms with van der Waals surface area (Å²) >= 11 is 3.25. The second kappa shape index (κ2) is 6.27. The lowest BCUT2D eigenvalue weighted by Gasteiger charge is -2.10. The van der Waals surface area contributed by atoms with E-state index >= 15 is 0 Å². The summed E-state index contributed by atoms with van der Waals surface area (Å²) in [5.74, 6) is 2.11. The molecule has 0 bridgehead atoms. The fourth-order valence-electron chi connectivity index (χ4n) is 1.96. The van der Waals surface area contributed by atoms with Gasteiger partial charge in [0.05, 0.1) is 11.9 Å². The van der Waals surface area contributed by atoms with Gasteiger partial charge >= 0.3 is 0 Å². The number of benzene rings is 1. The van der Waals surface area contributed by atoms with Crippen LogP contribution in [0.1, 0.15) is 0 Å². The van der Waals surface area contributed by atoms with Crippen molar-refractivity contribution in [1.29, 1.82) is 0 Å². The van der Waals surface area contributed by atoms with Crippen LogP contribution >= 0.6 is 15.9 Å². The molecule has 0 atom stereocenters. The Morgan fingerprint density at radius 3 is 3.09 bits per heavy atom. The first-order valence-electron chi connectivity index (χ1n) is 6.63. The van der Waals surface area contributed by atoms with Crippen LogP contribution < -0.4 is 25.1 Å². The molecule has 0 unspecified atom stereocenters. The predicted octanol–water partition coefficient (Wildman–Crippen LogP) is 1.76. The summed E-state index contributed by atoms with van der Waals surface area (Å²) < 4.78 is 17.9. The van der Waals surface area contributed by atoms with Crippen LogP contribution in [0, 0.1) is 0 Å². The number of anilines is 1. The van der Waals surface area contributed by atoms with E-state index in [1.807, 2.05) is 12.1 Å². The fourth-order valence-corrected chi connectivity index (χ4v) is 2.45. The Kier molecular flexibility index (Phi) is 4.19. The number of hydrogen-bond acceptors (Lipinski definition) is 6. The molecule has 1 aliphatic rings. The summed E-state index contributed by atoms with van der Waals surface area (Å²) in [6.45, 7) is 1.20. The van der Waals surface area contributed by atoms with Crippen molar-refractivity contribution in [3.8, 4) is 17.2 Å². The van der Waals surface area contributed by atoms with E-state index in [-0.39, 0.29) is 12.4 Å². The zero-order valence-corrected chi connectivity index (χ0v) is 13.4. The van der Waals surface area contributed by atoms with Crippen LogP contribution in [0.15, 0.2) is 33.7 Å². The number of halogens is 1. The molecule has 2 aromatic rings. The molecule has 3 rings (SSSR count). The lowest BCUT2D eigenvalue weighted by Crippen LogP contribution is -2.22. The molecule has 8 heteroatoms. The summed E-state index contributed by atoms with van der Waals surface area (Å²) in [5.41, 5.74) is 0.444. The standard InChI is InChI=1S/C14H14BrN3O4/c1-18-14(19)13(15)10(7-17-18)16-4-5-20-9-2-3-11-12(6-9)22-8-21-11/h2-3,6-7,16H,4-5,8H2,1H3. The van der Waals surface area contributed by atoms with Gasteiger partial charge in [0.15, 0.2) is 11.5 Å². The molecule has 2 heterocycles. The number of rotatable bonds is 5. The molecule has 1 aromatic heterocycles. The maximum atomic E-state index is 11.7. The summed E-state index contributed by atoms with van der Waals surface area (Å²) in [4.78, 5) is 11.7. The number of ether oxygens (including phenoxy) is 3. The van der Waals surface area contributed by atoms with Gasteiger partial charge in [0.1, 0.15) is 16.8 Å². The molecule has 0 radical (unpaired) electrons. The van der Waals surface area contributed by atoms with Crippen LogP contribution in [-0.4, -0.2) is 29.7 Å². The van der Waals surface area contributed by atoms with Gasteiger partial charge in [-0.15, -0.1) is 0 Å². The van der Waals surface area contributed by atoms with Gasteiger partial charge in [-0.2, -0.15) is 5.10 Å². The van der Waals surface area contributed by atoms with Crippen molar-refractivity contribution < 1.29 is 14.2 Å². The molecule has 0 saturated heterocycles. The molecule has 0 saturated carbocycles. The number of fused-ring (bicyclic) bond motifs is 1. The molecule has 0 aliphatic carbocycles. The summed E-state index contributed by atoms with van der Waals surface area (Å²) in [6, 6.07) is 5.42. The lowest BCUT2D eigenvalue weighted by molar-refractivity contribution is 0.174. The molecular formula is C14H14BrN3O4. The molecule has 22 heavy (non-hydrogen) atoms. The van der Waals surface area contributed by atoms with Crippen LogP contribution in [0.4, 0.5) is 5.69 Å². The monoisotopic (exact) mass is 367 g/mol. The highest BCUT2D eigenvalue weighted by molar-refractivity contribution is 9.10. The Bertz CT molecular complexity index is 747. The van der Waals surface area contributed by atoms with E-state index in [9.17, 15) is 4.79 Å². The topological polar surface area (TPSA) is 74.6 Å². The highest BCUT2D eigenvalue weighted by Gasteiger charge is 2.13. The van der Waals surface area contributed by atoms with E-state index in [4.69, 9.17) is 14.2 Å². The lowest BCUT2D eigenvalue weighted by atomic mass is 10.3. The van der Waals surface area contributed by atoms with E-state index in [2.05, 4.69) is 26.3 Å². The van der Waals surface area contributed by atoms with Gasteiger partial charge in [0.2, 0.25) is 6.79 Å². The predicted molar refractivity (Wildman–Crippen MR) is 83.7 cm³/mol. The number of aromatic nitrogens is 2. The molecule has 1 N–H and O–H groups in total. The Balaban J connectivity index is 1.54. The normalized spacial score (nSPS) is 12.3. The average Bonchev–Trinajstić information content (AvgIpc) is 2.99. The second-order valence-corrected chi connectivity index (χ2v) is 5.38. The zero-order chi connectivity index (χ0) is 15.5. The van der Waals surface area contributed by atoms with Crippen molar-refractivity contribution >= 4 is 21.6 Å². The van der Waals surface area contributed by atoms with Gasteiger partial charge in [-0.25, -0.2) is 4.68 Å². The van der Waals surface area contributed by atoms with Crippen LogP contribution in [0.25, 0.3) is 0 Å². The quantitative estimate of drug-likeness (QED) is 0.811. The summed E-state index contributed by atoms with van der Waals surface area (Å²) in [5, 5.41) is 7.06. The largest absolute Gasteiger partial charge is 0.492 e. The van der Waals surface area contributed by atoms with Gasteiger partial charge in [0.25, 0.3) is 5.56 Å². The second-order valence-electron chi connectivity index (χ2n) is 4.59. The van der Waals surface area contributed by atoms with Crippen LogP contribution in [0.2, 0.25) is 0 Å². The summed E-state index contributed by atoms with van der Waals surface area (Å²) in [6.07, 6.45) is 1.59. The Morgan fingerprint density at radius 2 is 2.23 bits per heavy atom. The van der Waals surface area contributed by atoms with Crippen LogP contribution in [0.3, 0.4) is 0 Å². The number of aryl methyl sites for hydroxylation is 1. The van der Waals surface area contributed by atoms with Crippen molar-refractivity contribution in [3.63, 3.8) is 0 Å². The maximum Gasteiger partial charge on any atom is 0.282 e. The van der Waals surface area contributed by atoms with Crippen LogP contribution in [-0.2, 0) is 7.05 Å². The first kappa shape index (κ1) is 14.7. The highest BCUT2D eigenvalue weighted by Crippen LogP contribution is 2.35. The third-order valence-electron chi connectivity index (χ3n) is 3.11. The minimum Gasteiger partial charge on any atom is -0.492 e. The van der Waals surface area contributed by atoms with E-state index in [0.29, 0.717) is 34.8 Å².